The molecular formula is C16H21N3. The summed E-state index contributed by atoms with van der Waals surface area (Å²) < 4.78 is 0. The maximum absolute atomic E-state index is 4.65. The van der Waals surface area contributed by atoms with Gasteiger partial charge in [-0.05, 0) is 37.8 Å². The fraction of sp³-hybridized carbons (Fsp3) is 0.500. The van der Waals surface area contributed by atoms with Crippen LogP contribution in [0.15, 0.2) is 30.5 Å². The third kappa shape index (κ3) is 2.92. The van der Waals surface area contributed by atoms with Crippen molar-refractivity contribution in [2.24, 2.45) is 5.92 Å². The third-order valence-corrected chi connectivity index (χ3v) is 4.21. The number of rotatable bonds is 4. The Labute approximate surface area is 114 Å². The Morgan fingerprint density at radius 2 is 1.95 bits per heavy atom. The van der Waals surface area contributed by atoms with Gasteiger partial charge >= 0.3 is 0 Å². The average Bonchev–Trinajstić information content (AvgIpc) is 2.99. The van der Waals surface area contributed by atoms with Crippen molar-refractivity contribution < 1.29 is 0 Å². The predicted molar refractivity (Wildman–Crippen MR) is 77.8 cm³/mol. The van der Waals surface area contributed by atoms with Gasteiger partial charge in [0.05, 0.1) is 22.9 Å². The van der Waals surface area contributed by atoms with Crippen LogP contribution in [0.4, 0.5) is 0 Å². The summed E-state index contributed by atoms with van der Waals surface area (Å²) in [5.41, 5.74) is 2.98. The summed E-state index contributed by atoms with van der Waals surface area (Å²) in [4.78, 5) is 9.10. The van der Waals surface area contributed by atoms with Gasteiger partial charge in [-0.1, -0.05) is 25.0 Å². The van der Waals surface area contributed by atoms with Gasteiger partial charge in [0.2, 0.25) is 0 Å². The van der Waals surface area contributed by atoms with Crippen LogP contribution in [0.5, 0.6) is 0 Å². The van der Waals surface area contributed by atoms with Crippen LogP contribution in [0, 0.1) is 5.92 Å². The molecule has 1 fully saturated rings. The number of benzene rings is 1. The Bertz CT molecular complexity index is 546. The SMILES string of the molecule is C[C@H](NCc1cnc2ccccc2n1)C1CCCC1. The first-order valence-corrected chi connectivity index (χ1v) is 7.27. The third-order valence-electron chi connectivity index (χ3n) is 4.21. The zero-order valence-corrected chi connectivity index (χ0v) is 11.5. The van der Waals surface area contributed by atoms with Gasteiger partial charge in [-0.15, -0.1) is 0 Å². The van der Waals surface area contributed by atoms with Crippen LogP contribution in [0.2, 0.25) is 0 Å². The molecule has 1 atom stereocenters. The zero-order chi connectivity index (χ0) is 13.1. The molecule has 0 unspecified atom stereocenters. The highest BCUT2D eigenvalue weighted by molar-refractivity contribution is 5.73. The van der Waals surface area contributed by atoms with Crippen molar-refractivity contribution in [3.63, 3.8) is 0 Å². The number of para-hydroxylation sites is 2. The minimum absolute atomic E-state index is 0.579. The Morgan fingerprint density at radius 1 is 1.21 bits per heavy atom. The summed E-state index contributed by atoms with van der Waals surface area (Å²) >= 11 is 0. The van der Waals surface area contributed by atoms with E-state index in [0.717, 1.165) is 29.2 Å². The van der Waals surface area contributed by atoms with E-state index in [-0.39, 0.29) is 0 Å². The Hall–Kier alpha value is -1.48. The fourth-order valence-electron chi connectivity index (χ4n) is 2.97. The molecule has 3 heteroatoms. The van der Waals surface area contributed by atoms with Crippen molar-refractivity contribution in [2.45, 2.75) is 45.2 Å². The average molecular weight is 255 g/mol. The van der Waals surface area contributed by atoms with Gasteiger partial charge in [0.15, 0.2) is 0 Å². The van der Waals surface area contributed by atoms with Gasteiger partial charge in [-0.2, -0.15) is 0 Å². The Balaban J connectivity index is 1.64. The van der Waals surface area contributed by atoms with E-state index in [4.69, 9.17) is 0 Å². The normalized spacial score (nSPS) is 17.9. The molecule has 1 aromatic heterocycles. The molecule has 1 aromatic carbocycles. The van der Waals surface area contributed by atoms with E-state index in [1.54, 1.807) is 0 Å². The van der Waals surface area contributed by atoms with Crippen molar-refractivity contribution in [1.29, 1.82) is 0 Å². The van der Waals surface area contributed by atoms with Crippen LogP contribution in [0.25, 0.3) is 11.0 Å². The summed E-state index contributed by atoms with van der Waals surface area (Å²) in [5.74, 6) is 0.841. The number of nitrogens with one attached hydrogen (secondary N) is 1. The molecule has 2 aromatic rings. The summed E-state index contributed by atoms with van der Waals surface area (Å²) in [5, 5.41) is 3.60. The molecule has 1 aliphatic carbocycles. The highest BCUT2D eigenvalue weighted by Gasteiger charge is 2.20. The molecule has 19 heavy (non-hydrogen) atoms. The van der Waals surface area contributed by atoms with Crippen molar-refractivity contribution in [2.75, 3.05) is 0 Å². The summed E-state index contributed by atoms with van der Waals surface area (Å²) in [6.07, 6.45) is 7.42. The maximum atomic E-state index is 4.65. The van der Waals surface area contributed by atoms with E-state index in [9.17, 15) is 0 Å². The van der Waals surface area contributed by atoms with Crippen molar-refractivity contribution >= 4 is 11.0 Å². The smallest absolute Gasteiger partial charge is 0.0890 e. The lowest BCUT2D eigenvalue weighted by atomic mass is 10.00. The molecule has 3 nitrogen and oxygen atoms in total. The standard InChI is InChI=1S/C16H21N3/c1-12(13-6-2-3-7-13)17-10-14-11-18-15-8-4-5-9-16(15)19-14/h4-5,8-9,11-13,17H,2-3,6-7,10H2,1H3/t12-/m0/s1. The summed E-state index contributed by atoms with van der Waals surface area (Å²) in [6.45, 7) is 3.11. The molecule has 1 saturated carbocycles. The minimum Gasteiger partial charge on any atom is -0.308 e. The fourth-order valence-corrected chi connectivity index (χ4v) is 2.97. The first-order valence-electron chi connectivity index (χ1n) is 7.27. The summed E-state index contributed by atoms with van der Waals surface area (Å²) in [6, 6.07) is 8.61. The highest BCUT2D eigenvalue weighted by Crippen LogP contribution is 2.27. The lowest BCUT2D eigenvalue weighted by Gasteiger charge is -2.20. The topological polar surface area (TPSA) is 37.8 Å². The largest absolute Gasteiger partial charge is 0.308 e. The first-order chi connectivity index (χ1) is 9.33. The van der Waals surface area contributed by atoms with Crippen molar-refractivity contribution in [3.8, 4) is 0 Å². The van der Waals surface area contributed by atoms with Gasteiger partial charge in [-0.3, -0.25) is 4.98 Å². The Morgan fingerprint density at radius 3 is 2.74 bits per heavy atom. The molecule has 0 saturated heterocycles. The molecule has 0 bridgehead atoms. The number of hydrogen-bond donors (Lipinski definition) is 1. The molecule has 100 valence electrons. The van der Waals surface area contributed by atoms with Gasteiger partial charge in [0.25, 0.3) is 0 Å². The van der Waals surface area contributed by atoms with Crippen molar-refractivity contribution in [1.82, 2.24) is 15.3 Å². The highest BCUT2D eigenvalue weighted by atomic mass is 14.9. The maximum Gasteiger partial charge on any atom is 0.0890 e. The molecule has 3 rings (SSSR count). The second-order valence-electron chi connectivity index (χ2n) is 5.56. The molecule has 1 heterocycles. The lowest BCUT2D eigenvalue weighted by molar-refractivity contribution is 0.379. The van der Waals surface area contributed by atoms with E-state index in [0.29, 0.717) is 6.04 Å². The van der Waals surface area contributed by atoms with Crippen LogP contribution in [0.3, 0.4) is 0 Å². The van der Waals surface area contributed by atoms with Crippen molar-refractivity contribution in [3.05, 3.63) is 36.2 Å². The molecule has 1 aliphatic rings. The minimum atomic E-state index is 0.579. The van der Waals surface area contributed by atoms with E-state index in [2.05, 4.69) is 22.2 Å². The quantitative estimate of drug-likeness (QED) is 0.911. The van der Waals surface area contributed by atoms with E-state index in [1.165, 1.54) is 25.7 Å². The monoisotopic (exact) mass is 255 g/mol. The van der Waals surface area contributed by atoms with Gasteiger partial charge in [0.1, 0.15) is 0 Å². The summed E-state index contributed by atoms with van der Waals surface area (Å²) in [7, 11) is 0. The second-order valence-corrected chi connectivity index (χ2v) is 5.56. The van der Waals surface area contributed by atoms with Crippen LogP contribution < -0.4 is 5.32 Å². The number of fused-ring (bicyclic) bond motifs is 1. The van der Waals surface area contributed by atoms with E-state index in [1.807, 2.05) is 30.5 Å². The van der Waals surface area contributed by atoms with Crippen LogP contribution in [-0.4, -0.2) is 16.0 Å². The van der Waals surface area contributed by atoms with Gasteiger partial charge < -0.3 is 5.32 Å². The molecular weight excluding hydrogens is 234 g/mol. The van der Waals surface area contributed by atoms with Gasteiger partial charge in [-0.25, -0.2) is 4.98 Å². The van der Waals surface area contributed by atoms with E-state index >= 15 is 0 Å². The number of aromatic nitrogens is 2. The molecule has 0 radical (unpaired) electrons. The van der Waals surface area contributed by atoms with Crippen LogP contribution in [0.1, 0.15) is 38.3 Å². The number of hydrogen-bond acceptors (Lipinski definition) is 3. The van der Waals surface area contributed by atoms with E-state index < -0.39 is 0 Å². The van der Waals surface area contributed by atoms with Crippen LogP contribution >= 0.6 is 0 Å². The lowest BCUT2D eigenvalue weighted by Crippen LogP contribution is -2.32. The van der Waals surface area contributed by atoms with Crippen LogP contribution in [-0.2, 0) is 6.54 Å². The molecule has 1 N–H and O–H groups in total. The second kappa shape index (κ2) is 5.66. The predicted octanol–water partition coefficient (Wildman–Crippen LogP) is 3.30. The first kappa shape index (κ1) is 12.5. The molecule has 0 amide bonds. The molecule has 0 spiro atoms. The zero-order valence-electron chi connectivity index (χ0n) is 11.5. The number of nitrogens with zero attached hydrogens (tertiary/aromatic N) is 2. The molecule has 0 aliphatic heterocycles. The van der Waals surface area contributed by atoms with Gasteiger partial charge in [0, 0.05) is 12.6 Å². The Kier molecular flexibility index (Phi) is 3.74.